The van der Waals surface area contributed by atoms with Crippen molar-refractivity contribution < 1.29 is 4.79 Å². The van der Waals surface area contributed by atoms with Crippen molar-refractivity contribution in [3.8, 4) is 0 Å². The molecule has 1 unspecified atom stereocenters. The Labute approximate surface area is 95.2 Å². The third-order valence-electron chi connectivity index (χ3n) is 1.79. The summed E-state index contributed by atoms with van der Waals surface area (Å²) in [6.07, 6.45) is 4.29. The Hall–Kier alpha value is -0.290. The Morgan fingerprint density at radius 1 is 1.64 bits per heavy atom. The molecule has 0 bridgehead atoms. The maximum absolute atomic E-state index is 11.4. The first-order valence-electron chi connectivity index (χ1n) is 4.69. The minimum atomic E-state index is -0.135. The maximum Gasteiger partial charge on any atom is 0.221 e. The molecule has 0 fully saturated rings. The summed E-state index contributed by atoms with van der Waals surface area (Å²) in [7, 11) is 0. The van der Waals surface area contributed by atoms with Crippen LogP contribution in [0.25, 0.3) is 0 Å². The third-order valence-corrected chi connectivity index (χ3v) is 2.69. The molecule has 0 rings (SSSR count). The van der Waals surface area contributed by atoms with Gasteiger partial charge in [0.15, 0.2) is 0 Å². The second-order valence-electron chi connectivity index (χ2n) is 3.05. The number of amides is 1. The number of nitrogens with one attached hydrogen (secondary N) is 1. The fourth-order valence-corrected chi connectivity index (χ4v) is 1.60. The van der Waals surface area contributed by atoms with Crippen LogP contribution in [0, 0.1) is 0 Å². The van der Waals surface area contributed by atoms with Crippen LogP contribution in [0.2, 0.25) is 0 Å². The topological polar surface area (TPSA) is 55.1 Å². The van der Waals surface area contributed by atoms with Gasteiger partial charge in [-0.25, -0.2) is 0 Å². The van der Waals surface area contributed by atoms with E-state index in [4.69, 9.17) is 18.0 Å². The molecule has 0 aliphatic rings. The molecule has 0 aliphatic carbocycles. The molecule has 0 spiro atoms. The highest BCUT2D eigenvalue weighted by molar-refractivity contribution is 7.98. The molecule has 1 amide bonds. The van der Waals surface area contributed by atoms with E-state index in [0.717, 1.165) is 18.6 Å². The van der Waals surface area contributed by atoms with Gasteiger partial charge in [-0.05, 0) is 12.7 Å². The first-order valence-corrected chi connectivity index (χ1v) is 6.49. The van der Waals surface area contributed by atoms with Crippen LogP contribution in [-0.2, 0) is 4.79 Å². The second-order valence-corrected chi connectivity index (χ2v) is 4.51. The van der Waals surface area contributed by atoms with Crippen LogP contribution in [0.5, 0.6) is 0 Å². The van der Waals surface area contributed by atoms with Crippen LogP contribution in [0.3, 0.4) is 0 Å². The number of carbonyl (C=O) groups excluding carboxylic acids is 1. The number of hydrogen-bond donors (Lipinski definition) is 2. The Morgan fingerprint density at radius 2 is 2.29 bits per heavy atom. The predicted molar refractivity (Wildman–Crippen MR) is 66.6 cm³/mol. The highest BCUT2D eigenvalue weighted by atomic mass is 32.2. The van der Waals surface area contributed by atoms with Crippen molar-refractivity contribution >= 4 is 34.9 Å². The highest BCUT2D eigenvalue weighted by Crippen LogP contribution is 2.00. The molecule has 0 saturated heterocycles. The van der Waals surface area contributed by atoms with Gasteiger partial charge in [0.05, 0.1) is 11.0 Å². The lowest BCUT2D eigenvalue weighted by molar-refractivity contribution is -0.121. The van der Waals surface area contributed by atoms with Gasteiger partial charge >= 0.3 is 0 Å². The minimum Gasteiger partial charge on any atom is -0.392 e. The Kier molecular flexibility index (Phi) is 7.89. The smallest absolute Gasteiger partial charge is 0.221 e. The van der Waals surface area contributed by atoms with Gasteiger partial charge in [0, 0.05) is 12.2 Å². The summed E-state index contributed by atoms with van der Waals surface area (Å²) in [5.74, 6) is 0.868. The molecule has 0 saturated carbocycles. The molecule has 0 aromatic rings. The number of carbonyl (C=O) groups is 1. The average Bonchev–Trinajstić information content (AvgIpc) is 2.14. The van der Waals surface area contributed by atoms with Crippen molar-refractivity contribution in [2.75, 3.05) is 12.0 Å². The van der Waals surface area contributed by atoms with Crippen LogP contribution < -0.4 is 11.1 Å². The van der Waals surface area contributed by atoms with Crippen molar-refractivity contribution in [3.05, 3.63) is 0 Å². The highest BCUT2D eigenvalue weighted by Gasteiger charge is 2.13. The molecule has 1 atom stereocenters. The van der Waals surface area contributed by atoms with Crippen LogP contribution in [0.15, 0.2) is 0 Å². The van der Waals surface area contributed by atoms with Crippen molar-refractivity contribution in [1.29, 1.82) is 0 Å². The van der Waals surface area contributed by atoms with Gasteiger partial charge in [-0.3, -0.25) is 4.79 Å². The lowest BCUT2D eigenvalue weighted by Gasteiger charge is -2.16. The molecule has 14 heavy (non-hydrogen) atoms. The van der Waals surface area contributed by atoms with E-state index in [0.29, 0.717) is 11.4 Å². The summed E-state index contributed by atoms with van der Waals surface area (Å²) < 4.78 is 0. The standard InChI is InChI=1S/C9H18N2OS2/c1-3-4-7(9(10)13)11-8(12)5-6-14-2/h7H,3-6H2,1-2H3,(H2,10,13)(H,11,12). The zero-order valence-corrected chi connectivity index (χ0v) is 10.3. The van der Waals surface area contributed by atoms with E-state index in [9.17, 15) is 4.79 Å². The van der Waals surface area contributed by atoms with E-state index in [1.807, 2.05) is 13.2 Å². The summed E-state index contributed by atoms with van der Waals surface area (Å²) in [6, 6.07) is -0.135. The zero-order valence-electron chi connectivity index (χ0n) is 8.71. The molecule has 0 aromatic heterocycles. The van der Waals surface area contributed by atoms with Gasteiger partial charge in [0.25, 0.3) is 0 Å². The van der Waals surface area contributed by atoms with E-state index in [1.54, 1.807) is 11.8 Å². The lowest BCUT2D eigenvalue weighted by atomic mass is 10.1. The molecular formula is C9H18N2OS2. The van der Waals surface area contributed by atoms with E-state index in [1.165, 1.54) is 0 Å². The van der Waals surface area contributed by atoms with Crippen molar-refractivity contribution in [3.63, 3.8) is 0 Å². The molecule has 0 heterocycles. The Morgan fingerprint density at radius 3 is 2.71 bits per heavy atom. The summed E-state index contributed by atoms with van der Waals surface area (Å²) in [5, 5.41) is 2.83. The van der Waals surface area contributed by atoms with Crippen molar-refractivity contribution in [1.82, 2.24) is 5.32 Å². The molecule has 0 aromatic carbocycles. The van der Waals surface area contributed by atoms with E-state index in [2.05, 4.69) is 5.32 Å². The molecule has 82 valence electrons. The Bertz CT molecular complexity index is 197. The average molecular weight is 234 g/mol. The van der Waals surface area contributed by atoms with Gasteiger partial charge in [0.2, 0.25) is 5.91 Å². The van der Waals surface area contributed by atoms with Crippen molar-refractivity contribution in [2.45, 2.75) is 32.2 Å². The monoisotopic (exact) mass is 234 g/mol. The summed E-state index contributed by atoms with van der Waals surface area (Å²) in [6.45, 7) is 2.04. The number of hydrogen-bond acceptors (Lipinski definition) is 3. The second kappa shape index (κ2) is 8.05. The van der Waals surface area contributed by atoms with Crippen LogP contribution in [-0.4, -0.2) is 28.9 Å². The van der Waals surface area contributed by atoms with Gasteiger partial charge < -0.3 is 11.1 Å². The molecule has 3 N–H and O–H groups in total. The fourth-order valence-electron chi connectivity index (χ4n) is 1.04. The minimum absolute atomic E-state index is 0.0330. The number of nitrogens with two attached hydrogens (primary N) is 1. The summed E-state index contributed by atoms with van der Waals surface area (Å²) in [4.78, 5) is 11.7. The normalized spacial score (nSPS) is 12.1. The SMILES string of the molecule is CCCC(NC(=O)CCSC)C(N)=S. The maximum atomic E-state index is 11.4. The van der Waals surface area contributed by atoms with Gasteiger partial charge in [-0.1, -0.05) is 25.6 Å². The zero-order chi connectivity index (χ0) is 11.0. The summed E-state index contributed by atoms with van der Waals surface area (Å²) >= 11 is 6.53. The fraction of sp³-hybridized carbons (Fsp3) is 0.778. The number of rotatable bonds is 7. The van der Waals surface area contributed by atoms with Gasteiger partial charge in [0.1, 0.15) is 0 Å². The van der Waals surface area contributed by atoms with Gasteiger partial charge in [-0.2, -0.15) is 11.8 Å². The van der Waals surface area contributed by atoms with E-state index >= 15 is 0 Å². The Balaban J connectivity index is 3.90. The van der Waals surface area contributed by atoms with Gasteiger partial charge in [-0.15, -0.1) is 0 Å². The molecule has 0 aliphatic heterocycles. The van der Waals surface area contributed by atoms with E-state index in [-0.39, 0.29) is 11.9 Å². The van der Waals surface area contributed by atoms with Crippen LogP contribution in [0.4, 0.5) is 0 Å². The molecular weight excluding hydrogens is 216 g/mol. The molecule has 3 nitrogen and oxygen atoms in total. The van der Waals surface area contributed by atoms with Crippen LogP contribution >= 0.6 is 24.0 Å². The largest absolute Gasteiger partial charge is 0.392 e. The van der Waals surface area contributed by atoms with Crippen molar-refractivity contribution in [2.24, 2.45) is 5.73 Å². The number of thioether (sulfide) groups is 1. The molecule has 5 heteroatoms. The quantitative estimate of drug-likeness (QED) is 0.652. The number of thiocarbonyl (C=S) groups is 1. The lowest BCUT2D eigenvalue weighted by Crippen LogP contribution is -2.43. The first kappa shape index (κ1) is 13.7. The van der Waals surface area contributed by atoms with E-state index < -0.39 is 0 Å². The summed E-state index contributed by atoms with van der Waals surface area (Å²) in [5.41, 5.74) is 5.51. The molecule has 0 radical (unpaired) electrons. The third kappa shape index (κ3) is 6.21. The predicted octanol–water partition coefficient (Wildman–Crippen LogP) is 1.31. The first-order chi connectivity index (χ1) is 6.61. The van der Waals surface area contributed by atoms with Crippen LogP contribution in [0.1, 0.15) is 26.2 Å².